The van der Waals surface area contributed by atoms with Crippen LogP contribution in [0.4, 0.5) is 10.5 Å². The van der Waals surface area contributed by atoms with Gasteiger partial charge in [-0.1, -0.05) is 0 Å². The minimum atomic E-state index is -1.40. The lowest BCUT2D eigenvalue weighted by Gasteiger charge is -2.53. The maximum Gasteiger partial charge on any atom is 0.408 e. The Hall–Kier alpha value is -2.86. The molecule has 1 aromatic carbocycles. The average Bonchev–Trinajstić information content (AvgIpc) is 2.69. The number of alkyl carbamates (subject to hydrolysis) is 1. The van der Waals surface area contributed by atoms with Crippen molar-refractivity contribution in [3.8, 4) is 0 Å². The van der Waals surface area contributed by atoms with Gasteiger partial charge in [0.05, 0.1) is 11.5 Å². The van der Waals surface area contributed by atoms with Crippen molar-refractivity contribution >= 4 is 35.4 Å². The molecular formula is C16H17N3O8S. The number of non-ortho nitro benzene ring substituents is 1. The molecule has 2 amide bonds. The number of carbonyl (C=O) groups excluding carboxylic acids is 2. The number of hydrogen-bond donors (Lipinski definition) is 3. The van der Waals surface area contributed by atoms with E-state index in [4.69, 9.17) is 4.74 Å². The third-order valence-corrected chi connectivity index (χ3v) is 6.28. The van der Waals surface area contributed by atoms with E-state index in [1.54, 1.807) is 0 Å². The highest BCUT2D eigenvalue weighted by Gasteiger charge is 2.57. The van der Waals surface area contributed by atoms with Gasteiger partial charge in [-0.05, 0) is 17.7 Å². The first kappa shape index (κ1) is 19.9. The number of carboxylic acids is 1. The molecule has 1 aromatic rings. The fourth-order valence-electron chi connectivity index (χ4n) is 2.95. The summed E-state index contributed by atoms with van der Waals surface area (Å²) in [6, 6.07) is 4.66. The Morgan fingerprint density at radius 1 is 1.39 bits per heavy atom. The molecule has 0 aliphatic carbocycles. The number of amides is 2. The van der Waals surface area contributed by atoms with Gasteiger partial charge < -0.3 is 25.2 Å². The highest BCUT2D eigenvalue weighted by molar-refractivity contribution is 8.00. The van der Waals surface area contributed by atoms with Crippen LogP contribution >= 0.6 is 11.8 Å². The van der Waals surface area contributed by atoms with Crippen molar-refractivity contribution in [3.05, 3.63) is 39.9 Å². The van der Waals surface area contributed by atoms with Crippen LogP contribution in [0.15, 0.2) is 24.3 Å². The lowest BCUT2D eigenvalue weighted by Crippen LogP contribution is -2.74. The Bertz CT molecular complexity index is 817. The quantitative estimate of drug-likeness (QED) is 0.337. The van der Waals surface area contributed by atoms with E-state index in [1.807, 2.05) is 0 Å². The normalized spacial score (nSPS) is 26.0. The molecule has 3 N–H and O–H groups in total. The van der Waals surface area contributed by atoms with E-state index >= 15 is 0 Å². The molecule has 2 saturated heterocycles. The summed E-state index contributed by atoms with van der Waals surface area (Å²) in [5, 5.41) is 31.3. The smallest absolute Gasteiger partial charge is 0.408 e. The van der Waals surface area contributed by atoms with Gasteiger partial charge in [0.15, 0.2) is 0 Å². The van der Waals surface area contributed by atoms with Crippen molar-refractivity contribution in [1.29, 1.82) is 0 Å². The molecule has 0 bridgehead atoms. The summed E-state index contributed by atoms with van der Waals surface area (Å²) in [6.07, 6.45) is -0.825. The van der Waals surface area contributed by atoms with Crippen molar-refractivity contribution in [1.82, 2.24) is 10.2 Å². The fraction of sp³-hybridized carbons (Fsp3) is 0.438. The molecule has 3 rings (SSSR count). The molecule has 12 heteroatoms. The van der Waals surface area contributed by atoms with Gasteiger partial charge in [0.25, 0.3) is 5.69 Å². The molecule has 2 aliphatic rings. The largest absolute Gasteiger partial charge is 0.481 e. The number of nitro groups is 1. The van der Waals surface area contributed by atoms with Crippen LogP contribution in [0, 0.1) is 15.5 Å². The fourth-order valence-corrected chi connectivity index (χ4v) is 4.48. The zero-order chi connectivity index (χ0) is 20.5. The van der Waals surface area contributed by atoms with Gasteiger partial charge in [-0.2, -0.15) is 0 Å². The number of nitro benzene ring substituents is 1. The van der Waals surface area contributed by atoms with Crippen molar-refractivity contribution in [2.45, 2.75) is 18.0 Å². The number of aliphatic hydroxyl groups excluding tert-OH is 1. The van der Waals surface area contributed by atoms with Crippen LogP contribution < -0.4 is 5.32 Å². The number of aliphatic hydroxyl groups is 1. The molecule has 0 radical (unpaired) electrons. The van der Waals surface area contributed by atoms with Crippen LogP contribution in [-0.2, 0) is 20.9 Å². The average molecular weight is 411 g/mol. The van der Waals surface area contributed by atoms with Crippen LogP contribution in [0.3, 0.4) is 0 Å². The van der Waals surface area contributed by atoms with Gasteiger partial charge in [-0.15, -0.1) is 11.8 Å². The van der Waals surface area contributed by atoms with Gasteiger partial charge in [0.2, 0.25) is 5.91 Å². The van der Waals surface area contributed by atoms with E-state index in [1.165, 1.54) is 40.9 Å². The Morgan fingerprint density at radius 3 is 2.64 bits per heavy atom. The Balaban J connectivity index is 1.51. The summed E-state index contributed by atoms with van der Waals surface area (Å²) in [5.74, 6) is -1.50. The number of rotatable bonds is 6. The number of carbonyl (C=O) groups is 3. The zero-order valence-corrected chi connectivity index (χ0v) is 15.3. The summed E-state index contributed by atoms with van der Waals surface area (Å²) < 4.78 is 5.03. The van der Waals surface area contributed by atoms with Gasteiger partial charge in [-0.25, -0.2) is 4.79 Å². The van der Waals surface area contributed by atoms with Crippen LogP contribution in [0.5, 0.6) is 0 Å². The van der Waals surface area contributed by atoms with Gasteiger partial charge in [-0.3, -0.25) is 19.7 Å². The number of benzene rings is 1. The SMILES string of the molecule is O=C(NC1C(=O)N2CC(CO)(C(=O)O)CS[C@H]12)OCc1ccc([N+](=O)[O-])cc1. The standard InChI is InChI=1S/C16H17N3O8S/c20-7-16(14(22)23)6-18-12(21)11(13(18)28-8-16)17-15(24)27-5-9-1-3-10(4-2-9)19(25)26/h1-4,11,13,20H,5-8H2,(H,17,24)(H,22,23)/t11?,13-,16?/m1/s1. The Kier molecular flexibility index (Phi) is 5.42. The molecule has 150 valence electrons. The highest BCUT2D eigenvalue weighted by Crippen LogP contribution is 2.42. The number of β-lactam (4-membered cyclic amide) rings is 1. The van der Waals surface area contributed by atoms with E-state index in [9.17, 15) is 34.7 Å². The number of thioether (sulfide) groups is 1. The number of carboxylic acid groups (broad SMARTS) is 1. The molecule has 2 aliphatic heterocycles. The van der Waals surface area contributed by atoms with Gasteiger partial charge in [0, 0.05) is 24.4 Å². The number of aliphatic carboxylic acids is 1. The maximum atomic E-state index is 12.2. The van der Waals surface area contributed by atoms with Crippen molar-refractivity contribution in [2.75, 3.05) is 18.9 Å². The molecule has 2 unspecified atom stereocenters. The van der Waals surface area contributed by atoms with E-state index in [0.29, 0.717) is 5.56 Å². The second kappa shape index (κ2) is 7.64. The Labute approximate surface area is 162 Å². The minimum Gasteiger partial charge on any atom is -0.481 e. The van der Waals surface area contributed by atoms with E-state index < -0.39 is 46.3 Å². The maximum absolute atomic E-state index is 12.2. The number of hydrogen-bond acceptors (Lipinski definition) is 8. The molecule has 3 atom stereocenters. The molecule has 2 fully saturated rings. The predicted octanol–water partition coefficient (Wildman–Crippen LogP) is 0.168. The first-order valence-corrected chi connectivity index (χ1v) is 9.25. The van der Waals surface area contributed by atoms with Crippen LogP contribution in [0.1, 0.15) is 5.56 Å². The van der Waals surface area contributed by atoms with E-state index in [-0.39, 0.29) is 24.6 Å². The number of fused-ring (bicyclic) bond motifs is 1. The first-order valence-electron chi connectivity index (χ1n) is 8.20. The van der Waals surface area contributed by atoms with Crippen LogP contribution in [0.25, 0.3) is 0 Å². The van der Waals surface area contributed by atoms with Crippen LogP contribution in [-0.4, -0.2) is 68.3 Å². The lowest BCUT2D eigenvalue weighted by molar-refractivity contribution is -0.384. The Morgan fingerprint density at radius 2 is 2.07 bits per heavy atom. The van der Waals surface area contributed by atoms with E-state index in [0.717, 1.165) is 0 Å². The summed E-state index contributed by atoms with van der Waals surface area (Å²) in [7, 11) is 0. The topological polar surface area (TPSA) is 159 Å². The molecule has 11 nitrogen and oxygen atoms in total. The molecular weight excluding hydrogens is 394 g/mol. The number of nitrogens with zero attached hydrogens (tertiary/aromatic N) is 2. The highest BCUT2D eigenvalue weighted by atomic mass is 32.2. The number of ether oxygens (including phenoxy) is 1. The lowest BCUT2D eigenvalue weighted by atomic mass is 9.88. The summed E-state index contributed by atoms with van der Waals surface area (Å²) in [5.41, 5.74) is -0.940. The van der Waals surface area contributed by atoms with Crippen molar-refractivity contribution in [2.24, 2.45) is 5.41 Å². The van der Waals surface area contributed by atoms with Crippen LogP contribution in [0.2, 0.25) is 0 Å². The molecule has 0 aromatic heterocycles. The van der Waals surface area contributed by atoms with Gasteiger partial charge >= 0.3 is 12.1 Å². The monoisotopic (exact) mass is 411 g/mol. The molecule has 0 spiro atoms. The molecule has 28 heavy (non-hydrogen) atoms. The first-order chi connectivity index (χ1) is 13.3. The number of nitrogens with one attached hydrogen (secondary N) is 1. The summed E-state index contributed by atoms with van der Waals surface area (Å²) >= 11 is 1.18. The minimum absolute atomic E-state index is 0.0806. The molecule has 2 heterocycles. The second-order valence-electron chi connectivity index (χ2n) is 6.53. The third-order valence-electron chi connectivity index (χ3n) is 4.69. The predicted molar refractivity (Wildman–Crippen MR) is 95.3 cm³/mol. The van der Waals surface area contributed by atoms with Gasteiger partial charge in [0.1, 0.15) is 23.4 Å². The van der Waals surface area contributed by atoms with Crippen molar-refractivity contribution < 1.29 is 34.3 Å². The zero-order valence-electron chi connectivity index (χ0n) is 14.4. The van der Waals surface area contributed by atoms with Crippen molar-refractivity contribution in [3.63, 3.8) is 0 Å². The van der Waals surface area contributed by atoms with E-state index in [2.05, 4.69) is 5.32 Å². The third kappa shape index (κ3) is 3.60. The second-order valence-corrected chi connectivity index (χ2v) is 7.64. The molecule has 0 saturated carbocycles. The summed E-state index contributed by atoms with van der Waals surface area (Å²) in [4.78, 5) is 47.0. The summed E-state index contributed by atoms with van der Waals surface area (Å²) in [6.45, 7) is -0.828.